The van der Waals surface area contributed by atoms with E-state index in [4.69, 9.17) is 0 Å². The van der Waals surface area contributed by atoms with Crippen molar-refractivity contribution in [1.29, 1.82) is 0 Å². The van der Waals surface area contributed by atoms with Crippen LogP contribution >= 0.6 is 11.8 Å². The molecule has 0 radical (unpaired) electrons. The highest BCUT2D eigenvalue weighted by molar-refractivity contribution is 8.00. The van der Waals surface area contributed by atoms with Crippen molar-refractivity contribution in [3.8, 4) is 0 Å². The molecule has 0 N–H and O–H groups in total. The van der Waals surface area contributed by atoms with Crippen LogP contribution in [0.4, 0.5) is 29.5 Å². The van der Waals surface area contributed by atoms with Crippen LogP contribution in [0.25, 0.3) is 0 Å². The molecule has 0 unspecified atom stereocenters. The molecular weight excluding hydrogens is 429 g/mol. The number of hydrogen-bond donors (Lipinski definition) is 0. The molecule has 2 aliphatic rings. The lowest BCUT2D eigenvalue weighted by molar-refractivity contribution is -0.116. The van der Waals surface area contributed by atoms with E-state index in [1.54, 1.807) is 6.20 Å². The molecular formula is C21H21F3N4O2S. The first-order chi connectivity index (χ1) is 14.8. The molecule has 3 heterocycles. The lowest BCUT2D eigenvalue weighted by atomic mass is 10.1. The number of benzene rings is 1. The molecule has 2 aromatic rings. The number of urea groups is 1. The third-order valence-electron chi connectivity index (χ3n) is 5.23. The highest BCUT2D eigenvalue weighted by atomic mass is 32.2. The topological polar surface area (TPSA) is 56.8 Å². The molecule has 164 valence electrons. The number of carbonyl (C=O) groups excluding carboxylic acids is 2. The van der Waals surface area contributed by atoms with E-state index in [-0.39, 0.29) is 35.4 Å². The molecule has 2 fully saturated rings. The van der Waals surface area contributed by atoms with Crippen molar-refractivity contribution < 1.29 is 22.8 Å². The number of amides is 3. The molecule has 6 nitrogen and oxygen atoms in total. The predicted octanol–water partition coefficient (Wildman–Crippen LogP) is 4.65. The maximum Gasteiger partial charge on any atom is 0.446 e. The zero-order valence-corrected chi connectivity index (χ0v) is 17.5. The van der Waals surface area contributed by atoms with Gasteiger partial charge in [-0.3, -0.25) is 4.79 Å². The zero-order chi connectivity index (χ0) is 22.0. The van der Waals surface area contributed by atoms with Gasteiger partial charge >= 0.3 is 11.5 Å². The second-order valence-electron chi connectivity index (χ2n) is 7.48. The molecule has 0 atom stereocenters. The zero-order valence-electron chi connectivity index (χ0n) is 16.6. The lowest BCUT2D eigenvalue weighted by Gasteiger charge is -2.28. The van der Waals surface area contributed by atoms with Gasteiger partial charge in [-0.2, -0.15) is 13.2 Å². The Morgan fingerprint density at radius 3 is 2.39 bits per heavy atom. The minimum atomic E-state index is -4.39. The molecule has 2 saturated heterocycles. The van der Waals surface area contributed by atoms with Crippen LogP contribution in [0, 0.1) is 0 Å². The van der Waals surface area contributed by atoms with Crippen molar-refractivity contribution in [3.05, 3.63) is 48.2 Å². The van der Waals surface area contributed by atoms with E-state index >= 15 is 0 Å². The highest BCUT2D eigenvalue weighted by Gasteiger charge is 2.37. The van der Waals surface area contributed by atoms with Crippen molar-refractivity contribution in [1.82, 2.24) is 9.88 Å². The highest BCUT2D eigenvalue weighted by Crippen LogP contribution is 2.37. The fourth-order valence-electron chi connectivity index (χ4n) is 3.80. The molecule has 10 heteroatoms. The number of anilines is 2. The van der Waals surface area contributed by atoms with Gasteiger partial charge in [-0.05, 0) is 73.0 Å². The number of aromatic nitrogens is 1. The number of thioether (sulfide) groups is 1. The van der Waals surface area contributed by atoms with Crippen LogP contribution in [0.3, 0.4) is 0 Å². The van der Waals surface area contributed by atoms with Gasteiger partial charge in [-0.1, -0.05) is 0 Å². The quantitative estimate of drug-likeness (QED) is 0.490. The molecule has 31 heavy (non-hydrogen) atoms. The first-order valence-corrected chi connectivity index (χ1v) is 10.8. The van der Waals surface area contributed by atoms with E-state index in [0.717, 1.165) is 42.2 Å². The van der Waals surface area contributed by atoms with Crippen LogP contribution in [-0.4, -0.2) is 47.0 Å². The van der Waals surface area contributed by atoms with Crippen molar-refractivity contribution in [2.24, 2.45) is 0 Å². The number of pyridine rings is 1. The molecule has 3 amide bonds. The van der Waals surface area contributed by atoms with Crippen LogP contribution in [-0.2, 0) is 11.3 Å². The second-order valence-corrected chi connectivity index (χ2v) is 8.62. The standard InChI is InChI=1S/C21H21F3N4O2S/c22-21(23,24)31-17-6-4-16(5-7-17)28-19(29)14-27(20(28)30)13-15-8-9-25-18(12-15)26-10-2-1-3-11-26/h4-9,12H,1-3,10-11,13-14H2. The number of piperidine rings is 1. The van der Waals surface area contributed by atoms with Crippen LogP contribution in [0.15, 0.2) is 47.5 Å². The van der Waals surface area contributed by atoms with Crippen molar-refractivity contribution in [2.75, 3.05) is 29.4 Å². The molecule has 1 aromatic carbocycles. The monoisotopic (exact) mass is 450 g/mol. The molecule has 0 spiro atoms. The van der Waals surface area contributed by atoms with Crippen LogP contribution in [0.2, 0.25) is 0 Å². The number of alkyl halides is 3. The van der Waals surface area contributed by atoms with E-state index in [9.17, 15) is 22.8 Å². The van der Waals surface area contributed by atoms with Crippen molar-refractivity contribution >= 4 is 35.2 Å². The van der Waals surface area contributed by atoms with Gasteiger partial charge in [0.05, 0.1) is 5.69 Å². The Labute approximate surface area is 182 Å². The molecule has 2 aliphatic heterocycles. The van der Waals surface area contributed by atoms with Gasteiger partial charge in [-0.25, -0.2) is 14.7 Å². The summed E-state index contributed by atoms with van der Waals surface area (Å²) in [5.41, 5.74) is -3.27. The van der Waals surface area contributed by atoms with Crippen molar-refractivity contribution in [2.45, 2.75) is 36.2 Å². The summed E-state index contributed by atoms with van der Waals surface area (Å²) in [7, 11) is 0. The number of imide groups is 1. The number of carbonyl (C=O) groups is 2. The summed E-state index contributed by atoms with van der Waals surface area (Å²) in [4.78, 5) is 34.4. The number of rotatable bonds is 5. The lowest BCUT2D eigenvalue weighted by Crippen LogP contribution is -2.33. The summed E-state index contributed by atoms with van der Waals surface area (Å²) in [5, 5.41) is 0. The minimum Gasteiger partial charge on any atom is -0.357 e. The van der Waals surface area contributed by atoms with E-state index in [1.165, 1.54) is 35.6 Å². The van der Waals surface area contributed by atoms with Crippen LogP contribution < -0.4 is 9.80 Å². The van der Waals surface area contributed by atoms with Crippen LogP contribution in [0.5, 0.6) is 0 Å². The van der Waals surface area contributed by atoms with Gasteiger partial charge in [0.25, 0.3) is 5.91 Å². The maximum atomic E-state index is 12.8. The molecule has 4 rings (SSSR count). The Morgan fingerprint density at radius 1 is 1.00 bits per heavy atom. The van der Waals surface area contributed by atoms with Gasteiger partial charge in [-0.15, -0.1) is 0 Å². The SMILES string of the molecule is O=C1CN(Cc2ccnc(N3CCCCC3)c2)C(=O)N1c1ccc(SC(F)(F)F)cc1. The Bertz CT molecular complexity index is 962. The fraction of sp³-hybridized carbons (Fsp3) is 0.381. The Kier molecular flexibility index (Phi) is 6.08. The Morgan fingerprint density at radius 2 is 1.71 bits per heavy atom. The van der Waals surface area contributed by atoms with Gasteiger partial charge in [0.15, 0.2) is 0 Å². The number of halogens is 3. The third-order valence-corrected chi connectivity index (χ3v) is 5.97. The van der Waals surface area contributed by atoms with Crippen LogP contribution in [0.1, 0.15) is 24.8 Å². The summed E-state index contributed by atoms with van der Waals surface area (Å²) in [5.74, 6) is 0.455. The minimum absolute atomic E-state index is 0.00534. The molecule has 1 aromatic heterocycles. The summed E-state index contributed by atoms with van der Waals surface area (Å²) < 4.78 is 37.5. The Balaban J connectivity index is 1.45. The van der Waals surface area contributed by atoms with Gasteiger partial charge < -0.3 is 9.80 Å². The Hall–Kier alpha value is -2.75. The molecule has 0 saturated carbocycles. The summed E-state index contributed by atoms with van der Waals surface area (Å²) in [6, 6.07) is 8.49. The number of nitrogens with zero attached hydrogens (tertiary/aromatic N) is 4. The molecule has 0 aliphatic carbocycles. The van der Waals surface area contributed by atoms with Gasteiger partial charge in [0.1, 0.15) is 12.4 Å². The first-order valence-electron chi connectivity index (χ1n) is 9.98. The molecule has 0 bridgehead atoms. The van der Waals surface area contributed by atoms with E-state index in [2.05, 4.69) is 9.88 Å². The average Bonchev–Trinajstić information content (AvgIpc) is 3.01. The summed E-state index contributed by atoms with van der Waals surface area (Å²) in [6.45, 7) is 2.08. The smallest absolute Gasteiger partial charge is 0.357 e. The number of hydrogen-bond acceptors (Lipinski definition) is 5. The summed E-state index contributed by atoms with van der Waals surface area (Å²) in [6.07, 6.45) is 5.17. The first kappa shape index (κ1) is 21.5. The second kappa shape index (κ2) is 8.78. The third kappa shape index (κ3) is 5.12. The predicted molar refractivity (Wildman–Crippen MR) is 112 cm³/mol. The average molecular weight is 450 g/mol. The summed E-state index contributed by atoms with van der Waals surface area (Å²) >= 11 is -0.240. The fourth-order valence-corrected chi connectivity index (χ4v) is 4.34. The largest absolute Gasteiger partial charge is 0.446 e. The van der Waals surface area contributed by atoms with Crippen molar-refractivity contribution in [3.63, 3.8) is 0 Å². The normalized spacial score (nSPS) is 17.6. The van der Waals surface area contributed by atoms with Gasteiger partial charge in [0.2, 0.25) is 0 Å². The van der Waals surface area contributed by atoms with Gasteiger partial charge in [0, 0.05) is 30.7 Å². The maximum absolute atomic E-state index is 12.8. The van der Waals surface area contributed by atoms with E-state index < -0.39 is 17.4 Å². The van der Waals surface area contributed by atoms with E-state index in [0.29, 0.717) is 0 Å². The van der Waals surface area contributed by atoms with E-state index in [1.807, 2.05) is 12.1 Å².